The predicted molar refractivity (Wildman–Crippen MR) is 73.9 cm³/mol. The first kappa shape index (κ1) is 14.1. The van der Waals surface area contributed by atoms with Gasteiger partial charge in [-0.15, -0.1) is 0 Å². The van der Waals surface area contributed by atoms with E-state index in [2.05, 4.69) is 10.3 Å². The standard InChI is InChI=1S/C13H17ClFN3O/c1-18-4-2-3-16-13(18)17-8-12(19)9-5-10(14)7-11(15)6-9/h5-7,12,19H,2-4,8H2,1H3,(H,16,17). The zero-order chi connectivity index (χ0) is 13.8. The van der Waals surface area contributed by atoms with Crippen molar-refractivity contribution in [3.05, 3.63) is 34.6 Å². The minimum absolute atomic E-state index is 0.267. The fourth-order valence-electron chi connectivity index (χ4n) is 1.98. The average molecular weight is 286 g/mol. The van der Waals surface area contributed by atoms with Crippen LogP contribution in [0.25, 0.3) is 0 Å². The number of benzene rings is 1. The van der Waals surface area contributed by atoms with Crippen LogP contribution in [0.4, 0.5) is 4.39 Å². The van der Waals surface area contributed by atoms with Crippen LogP contribution in [0.3, 0.4) is 0 Å². The Hall–Kier alpha value is -1.33. The minimum Gasteiger partial charge on any atom is -0.387 e. The van der Waals surface area contributed by atoms with Crippen molar-refractivity contribution < 1.29 is 9.50 Å². The van der Waals surface area contributed by atoms with Gasteiger partial charge in [0, 0.05) is 31.7 Å². The summed E-state index contributed by atoms with van der Waals surface area (Å²) in [6.07, 6.45) is 0.204. The third-order valence-electron chi connectivity index (χ3n) is 3.00. The van der Waals surface area contributed by atoms with Crippen LogP contribution in [0.5, 0.6) is 0 Å². The summed E-state index contributed by atoms with van der Waals surface area (Å²) < 4.78 is 13.2. The first-order valence-corrected chi connectivity index (χ1v) is 6.57. The van der Waals surface area contributed by atoms with Crippen LogP contribution in [-0.2, 0) is 0 Å². The van der Waals surface area contributed by atoms with Crippen molar-refractivity contribution in [2.24, 2.45) is 4.99 Å². The van der Waals surface area contributed by atoms with E-state index in [-0.39, 0.29) is 11.6 Å². The van der Waals surface area contributed by atoms with E-state index in [4.69, 9.17) is 11.6 Å². The highest BCUT2D eigenvalue weighted by atomic mass is 35.5. The molecule has 19 heavy (non-hydrogen) atoms. The normalized spacial score (nSPS) is 17.1. The number of aliphatic hydroxyl groups is 1. The highest BCUT2D eigenvalue weighted by molar-refractivity contribution is 6.30. The average Bonchev–Trinajstić information content (AvgIpc) is 2.36. The topological polar surface area (TPSA) is 47.9 Å². The molecule has 2 rings (SSSR count). The van der Waals surface area contributed by atoms with E-state index in [9.17, 15) is 9.50 Å². The van der Waals surface area contributed by atoms with Gasteiger partial charge in [0.25, 0.3) is 0 Å². The molecule has 104 valence electrons. The Morgan fingerprint density at radius 2 is 2.32 bits per heavy atom. The van der Waals surface area contributed by atoms with Gasteiger partial charge >= 0.3 is 0 Å². The van der Waals surface area contributed by atoms with E-state index >= 15 is 0 Å². The number of guanidine groups is 1. The lowest BCUT2D eigenvalue weighted by Gasteiger charge is -2.26. The van der Waals surface area contributed by atoms with E-state index in [1.54, 1.807) is 6.07 Å². The monoisotopic (exact) mass is 285 g/mol. The van der Waals surface area contributed by atoms with Crippen LogP contribution in [0.1, 0.15) is 18.1 Å². The Bertz CT molecular complexity index is 461. The van der Waals surface area contributed by atoms with Crippen LogP contribution in [0.2, 0.25) is 5.02 Å². The van der Waals surface area contributed by atoms with Crippen LogP contribution in [0.15, 0.2) is 23.2 Å². The summed E-state index contributed by atoms with van der Waals surface area (Å²) in [5, 5.41) is 13.4. The second-order valence-corrected chi connectivity index (χ2v) is 5.02. The lowest BCUT2D eigenvalue weighted by molar-refractivity contribution is 0.179. The zero-order valence-electron chi connectivity index (χ0n) is 10.7. The van der Waals surface area contributed by atoms with Crippen LogP contribution < -0.4 is 5.32 Å². The second kappa shape index (κ2) is 6.21. The highest BCUT2D eigenvalue weighted by Crippen LogP contribution is 2.19. The van der Waals surface area contributed by atoms with Crippen LogP contribution in [-0.4, -0.2) is 42.6 Å². The SMILES string of the molecule is CN1CCCN=C1NCC(O)c1cc(F)cc(Cl)c1. The molecule has 0 aromatic heterocycles. The van der Waals surface area contributed by atoms with E-state index in [1.165, 1.54) is 12.1 Å². The van der Waals surface area contributed by atoms with Crippen molar-refractivity contribution in [1.29, 1.82) is 0 Å². The minimum atomic E-state index is -0.828. The summed E-state index contributed by atoms with van der Waals surface area (Å²) in [5.41, 5.74) is 0.455. The van der Waals surface area contributed by atoms with Crippen molar-refractivity contribution >= 4 is 17.6 Å². The third-order valence-corrected chi connectivity index (χ3v) is 3.22. The molecule has 0 amide bonds. The molecule has 1 aliphatic rings. The van der Waals surface area contributed by atoms with Gasteiger partial charge in [0.05, 0.1) is 6.10 Å². The molecule has 1 aliphatic heterocycles. The van der Waals surface area contributed by atoms with Gasteiger partial charge in [-0.3, -0.25) is 4.99 Å². The molecule has 0 saturated heterocycles. The molecule has 0 aliphatic carbocycles. The molecular formula is C13H17ClFN3O. The molecule has 0 fully saturated rings. The van der Waals surface area contributed by atoms with Gasteiger partial charge in [-0.2, -0.15) is 0 Å². The molecule has 0 radical (unpaired) electrons. The lowest BCUT2D eigenvalue weighted by atomic mass is 10.1. The maximum absolute atomic E-state index is 13.2. The molecule has 2 N–H and O–H groups in total. The molecule has 1 aromatic rings. The Morgan fingerprint density at radius 3 is 3.00 bits per heavy atom. The van der Waals surface area contributed by atoms with Gasteiger partial charge < -0.3 is 15.3 Å². The number of rotatable bonds is 3. The van der Waals surface area contributed by atoms with E-state index < -0.39 is 11.9 Å². The number of aliphatic hydroxyl groups excluding tert-OH is 1. The Kier molecular flexibility index (Phi) is 4.61. The van der Waals surface area contributed by atoms with Crippen molar-refractivity contribution in [3.63, 3.8) is 0 Å². The Labute approximate surface area is 116 Å². The molecule has 1 unspecified atom stereocenters. The van der Waals surface area contributed by atoms with Crippen molar-refractivity contribution in [1.82, 2.24) is 10.2 Å². The largest absolute Gasteiger partial charge is 0.387 e. The first-order chi connectivity index (χ1) is 9.06. The molecule has 4 nitrogen and oxygen atoms in total. The summed E-state index contributed by atoms with van der Waals surface area (Å²) in [6.45, 7) is 1.99. The number of nitrogens with one attached hydrogen (secondary N) is 1. The quantitative estimate of drug-likeness (QED) is 0.890. The zero-order valence-corrected chi connectivity index (χ0v) is 11.5. The maximum Gasteiger partial charge on any atom is 0.193 e. The summed E-state index contributed by atoms with van der Waals surface area (Å²) >= 11 is 5.76. The second-order valence-electron chi connectivity index (χ2n) is 4.58. The molecular weight excluding hydrogens is 269 g/mol. The fraction of sp³-hybridized carbons (Fsp3) is 0.462. The van der Waals surface area contributed by atoms with Crippen LogP contribution >= 0.6 is 11.6 Å². The van der Waals surface area contributed by atoms with E-state index in [0.29, 0.717) is 5.56 Å². The summed E-state index contributed by atoms with van der Waals surface area (Å²) in [4.78, 5) is 6.33. The van der Waals surface area contributed by atoms with Crippen LogP contribution in [0, 0.1) is 5.82 Å². The summed E-state index contributed by atoms with van der Waals surface area (Å²) in [7, 11) is 1.94. The number of hydrogen-bond donors (Lipinski definition) is 2. The van der Waals surface area contributed by atoms with Gasteiger partial charge in [-0.1, -0.05) is 11.6 Å². The van der Waals surface area contributed by atoms with Gasteiger partial charge in [0.1, 0.15) is 5.82 Å². The number of halogens is 2. The summed E-state index contributed by atoms with van der Waals surface area (Å²) in [6, 6.07) is 4.05. The smallest absolute Gasteiger partial charge is 0.193 e. The van der Waals surface area contributed by atoms with E-state index in [1.807, 2.05) is 11.9 Å². The van der Waals surface area contributed by atoms with Crippen molar-refractivity contribution in [3.8, 4) is 0 Å². The summed E-state index contributed by atoms with van der Waals surface area (Å²) in [5.74, 6) is 0.307. The highest BCUT2D eigenvalue weighted by Gasteiger charge is 2.14. The Morgan fingerprint density at radius 1 is 1.53 bits per heavy atom. The molecule has 0 spiro atoms. The number of aliphatic imine (C=N–C) groups is 1. The molecule has 6 heteroatoms. The number of hydrogen-bond acceptors (Lipinski definition) is 4. The molecule has 1 atom stereocenters. The third kappa shape index (κ3) is 3.81. The Balaban J connectivity index is 1.97. The lowest BCUT2D eigenvalue weighted by Crippen LogP contribution is -2.43. The maximum atomic E-state index is 13.2. The van der Waals surface area contributed by atoms with Crippen molar-refractivity contribution in [2.75, 3.05) is 26.7 Å². The molecule has 0 saturated carbocycles. The van der Waals surface area contributed by atoms with Gasteiger partial charge in [0.15, 0.2) is 5.96 Å². The number of nitrogens with zero attached hydrogens (tertiary/aromatic N) is 2. The van der Waals surface area contributed by atoms with Gasteiger partial charge in [0.2, 0.25) is 0 Å². The van der Waals surface area contributed by atoms with Gasteiger partial charge in [-0.25, -0.2) is 4.39 Å². The molecule has 1 heterocycles. The first-order valence-electron chi connectivity index (χ1n) is 6.20. The molecule has 0 bridgehead atoms. The molecule has 1 aromatic carbocycles. The fourth-order valence-corrected chi connectivity index (χ4v) is 2.21. The van der Waals surface area contributed by atoms with Gasteiger partial charge in [-0.05, 0) is 30.2 Å². The van der Waals surface area contributed by atoms with Crippen molar-refractivity contribution in [2.45, 2.75) is 12.5 Å². The van der Waals surface area contributed by atoms with E-state index in [0.717, 1.165) is 25.5 Å². The predicted octanol–water partition coefficient (Wildman–Crippen LogP) is 1.79.